The van der Waals surface area contributed by atoms with Crippen LogP contribution in [0, 0.1) is 0 Å². The Bertz CT molecular complexity index is 560. The zero-order valence-corrected chi connectivity index (χ0v) is 12.9. The largest absolute Gasteiger partial charge is 0.421 e. The Balaban J connectivity index is 1.92. The minimum Gasteiger partial charge on any atom is -0.421 e. The average molecular weight is 294 g/mol. The lowest BCUT2D eigenvalue weighted by atomic mass is 10.1. The van der Waals surface area contributed by atoms with Crippen LogP contribution in [0.15, 0.2) is 28.7 Å². The highest BCUT2D eigenvalue weighted by atomic mass is 35.5. The van der Waals surface area contributed by atoms with Gasteiger partial charge in [0.05, 0.1) is 10.6 Å². The molecule has 1 heterocycles. The highest BCUT2D eigenvalue weighted by Gasteiger charge is 2.12. The van der Waals surface area contributed by atoms with E-state index in [1.807, 2.05) is 24.3 Å². The molecule has 1 aromatic heterocycles. The molecule has 0 bridgehead atoms. The zero-order chi connectivity index (χ0) is 14.6. The summed E-state index contributed by atoms with van der Waals surface area (Å²) in [6.07, 6.45) is 1.72. The van der Waals surface area contributed by atoms with Crippen LogP contribution in [0.1, 0.15) is 33.1 Å². The summed E-state index contributed by atoms with van der Waals surface area (Å²) in [6, 6.07) is 7.47. The van der Waals surface area contributed by atoms with E-state index in [2.05, 4.69) is 36.3 Å². The smallest absolute Gasteiger partial charge is 0.249 e. The van der Waals surface area contributed by atoms with Crippen molar-refractivity contribution in [2.45, 2.75) is 39.2 Å². The number of hydrogen-bond donors (Lipinski definition) is 1. The van der Waals surface area contributed by atoms with Crippen molar-refractivity contribution in [3.8, 4) is 11.5 Å². The number of halogens is 1. The van der Waals surface area contributed by atoms with E-state index in [1.165, 1.54) is 0 Å². The van der Waals surface area contributed by atoms with Crippen molar-refractivity contribution < 1.29 is 4.42 Å². The van der Waals surface area contributed by atoms with Crippen molar-refractivity contribution in [3.63, 3.8) is 0 Å². The van der Waals surface area contributed by atoms with Crippen LogP contribution in [0.3, 0.4) is 0 Å². The molecule has 0 saturated heterocycles. The van der Waals surface area contributed by atoms with Gasteiger partial charge in [-0.15, -0.1) is 10.2 Å². The van der Waals surface area contributed by atoms with Gasteiger partial charge in [0.2, 0.25) is 11.8 Å². The maximum absolute atomic E-state index is 6.11. The van der Waals surface area contributed by atoms with E-state index in [-0.39, 0.29) is 5.54 Å². The number of nitrogens with one attached hydrogen (secondary N) is 1. The van der Waals surface area contributed by atoms with Crippen molar-refractivity contribution in [3.05, 3.63) is 35.2 Å². The Morgan fingerprint density at radius 3 is 2.65 bits per heavy atom. The third kappa shape index (κ3) is 4.32. The van der Waals surface area contributed by atoms with Crippen LogP contribution >= 0.6 is 11.6 Å². The highest BCUT2D eigenvalue weighted by molar-refractivity contribution is 6.33. The molecule has 0 unspecified atom stereocenters. The third-order valence-electron chi connectivity index (χ3n) is 2.79. The summed E-state index contributed by atoms with van der Waals surface area (Å²) < 4.78 is 5.65. The van der Waals surface area contributed by atoms with E-state index >= 15 is 0 Å². The number of aromatic nitrogens is 2. The van der Waals surface area contributed by atoms with Crippen LogP contribution in [0.2, 0.25) is 5.02 Å². The molecule has 1 N–H and O–H groups in total. The quantitative estimate of drug-likeness (QED) is 0.854. The number of nitrogens with zero attached hydrogens (tertiary/aromatic N) is 2. The molecule has 108 valence electrons. The second-order valence-electron chi connectivity index (χ2n) is 5.76. The summed E-state index contributed by atoms with van der Waals surface area (Å²) in [5, 5.41) is 12.2. The lowest BCUT2D eigenvalue weighted by Gasteiger charge is -2.19. The Hall–Kier alpha value is -1.39. The minimum absolute atomic E-state index is 0.136. The fourth-order valence-electron chi connectivity index (χ4n) is 1.80. The first-order valence-electron chi connectivity index (χ1n) is 6.78. The van der Waals surface area contributed by atoms with Crippen molar-refractivity contribution in [1.82, 2.24) is 15.5 Å². The Morgan fingerprint density at radius 2 is 1.95 bits per heavy atom. The highest BCUT2D eigenvalue weighted by Crippen LogP contribution is 2.26. The summed E-state index contributed by atoms with van der Waals surface area (Å²) in [4.78, 5) is 0. The van der Waals surface area contributed by atoms with Crippen molar-refractivity contribution in [2.75, 3.05) is 6.54 Å². The van der Waals surface area contributed by atoms with Crippen molar-refractivity contribution in [2.24, 2.45) is 0 Å². The molecule has 0 atom stereocenters. The topological polar surface area (TPSA) is 51.0 Å². The Morgan fingerprint density at radius 1 is 1.20 bits per heavy atom. The second kappa shape index (κ2) is 6.37. The van der Waals surface area contributed by atoms with E-state index in [0.717, 1.165) is 24.9 Å². The third-order valence-corrected chi connectivity index (χ3v) is 3.12. The van der Waals surface area contributed by atoms with Crippen LogP contribution in [0.4, 0.5) is 0 Å². The molecule has 20 heavy (non-hydrogen) atoms. The molecule has 5 heteroatoms. The predicted octanol–water partition coefficient (Wildman–Crippen LogP) is 3.71. The number of aryl methyl sites for hydroxylation is 1. The number of benzene rings is 1. The van der Waals surface area contributed by atoms with E-state index in [1.54, 1.807) is 0 Å². The van der Waals surface area contributed by atoms with Gasteiger partial charge in [-0.2, -0.15) is 0 Å². The lowest BCUT2D eigenvalue weighted by Crippen LogP contribution is -2.36. The van der Waals surface area contributed by atoms with Crippen LogP contribution < -0.4 is 5.32 Å². The Labute approximate surface area is 124 Å². The van der Waals surface area contributed by atoms with Gasteiger partial charge in [-0.05, 0) is 45.9 Å². The summed E-state index contributed by atoms with van der Waals surface area (Å²) in [7, 11) is 0. The summed E-state index contributed by atoms with van der Waals surface area (Å²) in [5.74, 6) is 1.13. The van der Waals surface area contributed by atoms with Crippen LogP contribution in [-0.2, 0) is 6.42 Å². The minimum atomic E-state index is 0.136. The van der Waals surface area contributed by atoms with E-state index in [9.17, 15) is 0 Å². The first-order valence-corrected chi connectivity index (χ1v) is 7.16. The number of hydrogen-bond acceptors (Lipinski definition) is 4. The molecule has 0 saturated carbocycles. The second-order valence-corrected chi connectivity index (χ2v) is 6.17. The van der Waals surface area contributed by atoms with Crippen LogP contribution in [0.25, 0.3) is 11.5 Å². The zero-order valence-electron chi connectivity index (χ0n) is 12.1. The molecule has 2 aromatic rings. The van der Waals surface area contributed by atoms with E-state index in [4.69, 9.17) is 16.0 Å². The fraction of sp³-hybridized carbons (Fsp3) is 0.467. The van der Waals surface area contributed by atoms with E-state index < -0.39 is 0 Å². The molecule has 0 fully saturated rings. The van der Waals surface area contributed by atoms with Crippen LogP contribution in [0.5, 0.6) is 0 Å². The standard InChI is InChI=1S/C15H20ClN3O/c1-15(2,3)17-10-6-9-13-18-19-14(20-13)11-7-4-5-8-12(11)16/h4-5,7-8,17H,6,9-10H2,1-3H3. The monoisotopic (exact) mass is 293 g/mol. The molecule has 2 rings (SSSR count). The average Bonchev–Trinajstić information content (AvgIpc) is 2.83. The van der Waals surface area contributed by atoms with Crippen molar-refractivity contribution in [1.29, 1.82) is 0 Å². The maximum atomic E-state index is 6.11. The maximum Gasteiger partial charge on any atom is 0.249 e. The normalized spacial score (nSPS) is 11.8. The van der Waals surface area contributed by atoms with Gasteiger partial charge in [0.1, 0.15) is 0 Å². The first-order chi connectivity index (χ1) is 9.46. The molecule has 4 nitrogen and oxygen atoms in total. The van der Waals surface area contributed by atoms with Gasteiger partial charge < -0.3 is 9.73 Å². The number of rotatable bonds is 5. The van der Waals surface area contributed by atoms with Gasteiger partial charge in [0, 0.05) is 12.0 Å². The summed E-state index contributed by atoms with van der Waals surface area (Å²) >= 11 is 6.11. The van der Waals surface area contributed by atoms with Gasteiger partial charge in [-0.1, -0.05) is 23.7 Å². The molecular weight excluding hydrogens is 274 g/mol. The van der Waals surface area contributed by atoms with Gasteiger partial charge >= 0.3 is 0 Å². The van der Waals surface area contributed by atoms with Gasteiger partial charge in [0.15, 0.2) is 0 Å². The predicted molar refractivity (Wildman–Crippen MR) is 80.8 cm³/mol. The summed E-state index contributed by atoms with van der Waals surface area (Å²) in [6.45, 7) is 7.37. The van der Waals surface area contributed by atoms with Gasteiger partial charge in [0.25, 0.3) is 0 Å². The summed E-state index contributed by atoms with van der Waals surface area (Å²) in [5.41, 5.74) is 0.915. The lowest BCUT2D eigenvalue weighted by molar-refractivity contribution is 0.412. The molecule has 0 amide bonds. The van der Waals surface area contributed by atoms with Crippen molar-refractivity contribution >= 4 is 11.6 Å². The SMILES string of the molecule is CC(C)(C)NCCCc1nnc(-c2ccccc2Cl)o1. The van der Waals surface area contributed by atoms with Crippen LogP contribution in [-0.4, -0.2) is 22.3 Å². The fourth-order valence-corrected chi connectivity index (χ4v) is 2.02. The van der Waals surface area contributed by atoms with E-state index in [0.29, 0.717) is 16.8 Å². The molecule has 0 radical (unpaired) electrons. The van der Waals surface area contributed by atoms with Gasteiger partial charge in [-0.3, -0.25) is 0 Å². The molecular formula is C15H20ClN3O. The van der Waals surface area contributed by atoms with Gasteiger partial charge in [-0.25, -0.2) is 0 Å². The molecule has 1 aromatic carbocycles. The molecule has 0 aliphatic carbocycles. The molecule has 0 spiro atoms. The Kier molecular flexibility index (Phi) is 4.78. The molecule has 0 aliphatic rings. The first kappa shape index (κ1) is 15.0. The molecule has 0 aliphatic heterocycles.